The standard InChI is InChI=1S/C18H28N2O3/c1-22-18-5-3-2-4-17(18)19-8-6-16(7-9-19)20-10-11-23-14-15(12-20)13-21/h2-5,15-16,21H,6-14H2,1H3/t15-/m1/s1. The van der Waals surface area contributed by atoms with Gasteiger partial charge in [0.05, 0.1) is 26.0 Å². The number of para-hydroxylation sites is 2. The summed E-state index contributed by atoms with van der Waals surface area (Å²) in [6.45, 7) is 5.72. The minimum Gasteiger partial charge on any atom is -0.495 e. The Morgan fingerprint density at radius 2 is 2.00 bits per heavy atom. The summed E-state index contributed by atoms with van der Waals surface area (Å²) in [7, 11) is 1.73. The molecule has 0 bridgehead atoms. The van der Waals surface area contributed by atoms with Crippen LogP contribution in [0.25, 0.3) is 0 Å². The third kappa shape index (κ3) is 3.97. The third-order valence-corrected chi connectivity index (χ3v) is 5.03. The Hall–Kier alpha value is -1.30. The van der Waals surface area contributed by atoms with E-state index in [0.717, 1.165) is 51.4 Å². The van der Waals surface area contributed by atoms with Crippen LogP contribution in [0.15, 0.2) is 24.3 Å². The molecule has 2 fully saturated rings. The average Bonchev–Trinajstić information content (AvgIpc) is 2.87. The van der Waals surface area contributed by atoms with E-state index < -0.39 is 0 Å². The highest BCUT2D eigenvalue weighted by atomic mass is 16.5. The van der Waals surface area contributed by atoms with Crippen molar-refractivity contribution >= 4 is 5.69 Å². The van der Waals surface area contributed by atoms with Gasteiger partial charge in [-0.2, -0.15) is 0 Å². The molecule has 0 aliphatic carbocycles. The van der Waals surface area contributed by atoms with E-state index >= 15 is 0 Å². The quantitative estimate of drug-likeness (QED) is 0.913. The molecule has 2 aliphatic heterocycles. The van der Waals surface area contributed by atoms with Gasteiger partial charge in [-0.15, -0.1) is 0 Å². The van der Waals surface area contributed by atoms with Gasteiger partial charge in [0.25, 0.3) is 0 Å². The Kier molecular flexibility index (Phi) is 5.75. The van der Waals surface area contributed by atoms with Crippen molar-refractivity contribution in [3.63, 3.8) is 0 Å². The molecule has 0 radical (unpaired) electrons. The highest BCUT2D eigenvalue weighted by molar-refractivity contribution is 5.58. The van der Waals surface area contributed by atoms with Crippen LogP contribution in [-0.4, -0.2) is 69.2 Å². The Balaban J connectivity index is 1.59. The molecule has 23 heavy (non-hydrogen) atoms. The van der Waals surface area contributed by atoms with Crippen molar-refractivity contribution in [1.82, 2.24) is 4.90 Å². The van der Waals surface area contributed by atoms with E-state index in [1.165, 1.54) is 5.69 Å². The summed E-state index contributed by atoms with van der Waals surface area (Å²) in [6.07, 6.45) is 2.30. The van der Waals surface area contributed by atoms with Gasteiger partial charge < -0.3 is 19.5 Å². The number of anilines is 1. The molecular formula is C18H28N2O3. The van der Waals surface area contributed by atoms with Crippen LogP contribution in [0.3, 0.4) is 0 Å². The number of aliphatic hydroxyl groups excluding tert-OH is 1. The Bertz CT molecular complexity index is 489. The zero-order valence-corrected chi connectivity index (χ0v) is 14.0. The van der Waals surface area contributed by atoms with Gasteiger partial charge in [-0.25, -0.2) is 0 Å². The van der Waals surface area contributed by atoms with Gasteiger partial charge in [-0.3, -0.25) is 4.90 Å². The second-order valence-electron chi connectivity index (χ2n) is 6.51. The molecule has 1 aromatic carbocycles. The van der Waals surface area contributed by atoms with E-state index in [1.54, 1.807) is 7.11 Å². The van der Waals surface area contributed by atoms with Crippen LogP contribution in [0.4, 0.5) is 5.69 Å². The van der Waals surface area contributed by atoms with Crippen molar-refractivity contribution in [2.75, 3.05) is 58.0 Å². The predicted molar refractivity (Wildman–Crippen MR) is 91.2 cm³/mol. The fourth-order valence-corrected chi connectivity index (χ4v) is 3.71. The number of aliphatic hydroxyl groups is 1. The highest BCUT2D eigenvalue weighted by Crippen LogP contribution is 2.31. The van der Waals surface area contributed by atoms with Gasteiger partial charge in [0.15, 0.2) is 0 Å². The molecule has 3 rings (SSSR count). The van der Waals surface area contributed by atoms with Crippen LogP contribution >= 0.6 is 0 Å². The summed E-state index contributed by atoms with van der Waals surface area (Å²) in [5, 5.41) is 9.45. The van der Waals surface area contributed by atoms with Crippen LogP contribution in [0.2, 0.25) is 0 Å². The lowest BCUT2D eigenvalue weighted by atomic mass is 10.0. The van der Waals surface area contributed by atoms with Crippen LogP contribution in [-0.2, 0) is 4.74 Å². The molecule has 1 aromatic rings. The van der Waals surface area contributed by atoms with Crippen LogP contribution in [0.1, 0.15) is 12.8 Å². The van der Waals surface area contributed by atoms with Crippen molar-refractivity contribution in [2.24, 2.45) is 5.92 Å². The molecule has 0 saturated carbocycles. The molecular weight excluding hydrogens is 292 g/mol. The summed E-state index contributed by atoms with van der Waals surface area (Å²) >= 11 is 0. The van der Waals surface area contributed by atoms with Gasteiger partial charge in [-0.1, -0.05) is 12.1 Å². The molecule has 5 nitrogen and oxygen atoms in total. The monoisotopic (exact) mass is 320 g/mol. The fraction of sp³-hybridized carbons (Fsp3) is 0.667. The number of benzene rings is 1. The lowest BCUT2D eigenvalue weighted by Crippen LogP contribution is -2.47. The number of piperidine rings is 1. The number of rotatable bonds is 4. The summed E-state index contributed by atoms with van der Waals surface area (Å²) in [5.74, 6) is 1.21. The number of ether oxygens (including phenoxy) is 2. The van der Waals surface area contributed by atoms with Crippen molar-refractivity contribution < 1.29 is 14.6 Å². The number of hydrogen-bond acceptors (Lipinski definition) is 5. The van der Waals surface area contributed by atoms with Gasteiger partial charge in [-0.05, 0) is 25.0 Å². The summed E-state index contributed by atoms with van der Waals surface area (Å²) in [6, 6.07) is 8.85. The van der Waals surface area contributed by atoms with E-state index in [0.29, 0.717) is 12.6 Å². The maximum Gasteiger partial charge on any atom is 0.142 e. The van der Waals surface area contributed by atoms with Crippen molar-refractivity contribution in [3.05, 3.63) is 24.3 Å². The molecule has 1 atom stereocenters. The van der Waals surface area contributed by atoms with Crippen molar-refractivity contribution in [3.8, 4) is 5.75 Å². The van der Waals surface area contributed by atoms with Gasteiger partial charge in [0.2, 0.25) is 0 Å². The first-order valence-electron chi connectivity index (χ1n) is 8.62. The van der Waals surface area contributed by atoms with Crippen molar-refractivity contribution in [2.45, 2.75) is 18.9 Å². The molecule has 2 heterocycles. The lowest BCUT2D eigenvalue weighted by Gasteiger charge is -2.39. The molecule has 0 spiro atoms. The smallest absolute Gasteiger partial charge is 0.142 e. The Morgan fingerprint density at radius 3 is 2.74 bits per heavy atom. The SMILES string of the molecule is COc1ccccc1N1CCC(N2CCOC[C@@H](CO)C2)CC1. The molecule has 2 saturated heterocycles. The average molecular weight is 320 g/mol. The van der Waals surface area contributed by atoms with Gasteiger partial charge in [0.1, 0.15) is 5.75 Å². The molecule has 0 aromatic heterocycles. The van der Waals surface area contributed by atoms with Crippen molar-refractivity contribution in [1.29, 1.82) is 0 Å². The maximum absolute atomic E-state index is 9.45. The predicted octanol–water partition coefficient (Wildman–Crippen LogP) is 1.60. The first-order chi connectivity index (χ1) is 11.3. The number of methoxy groups -OCH3 is 1. The molecule has 5 heteroatoms. The normalized spacial score (nSPS) is 24.4. The van der Waals surface area contributed by atoms with Crippen LogP contribution in [0, 0.1) is 5.92 Å². The first kappa shape index (κ1) is 16.6. The van der Waals surface area contributed by atoms with Gasteiger partial charge >= 0.3 is 0 Å². The molecule has 0 unspecified atom stereocenters. The molecule has 128 valence electrons. The van der Waals surface area contributed by atoms with Crippen LogP contribution in [0.5, 0.6) is 5.75 Å². The molecule has 2 aliphatic rings. The highest BCUT2D eigenvalue weighted by Gasteiger charge is 2.28. The zero-order valence-electron chi connectivity index (χ0n) is 14.0. The first-order valence-corrected chi connectivity index (χ1v) is 8.62. The number of hydrogen-bond donors (Lipinski definition) is 1. The van der Waals surface area contributed by atoms with E-state index in [1.807, 2.05) is 12.1 Å². The van der Waals surface area contributed by atoms with Gasteiger partial charge in [0, 0.05) is 44.7 Å². The minimum absolute atomic E-state index is 0.219. The van der Waals surface area contributed by atoms with Crippen LogP contribution < -0.4 is 9.64 Å². The third-order valence-electron chi connectivity index (χ3n) is 5.03. The Morgan fingerprint density at radius 1 is 1.22 bits per heavy atom. The fourth-order valence-electron chi connectivity index (χ4n) is 3.71. The second kappa shape index (κ2) is 7.99. The lowest BCUT2D eigenvalue weighted by molar-refractivity contribution is 0.0955. The topological polar surface area (TPSA) is 45.2 Å². The maximum atomic E-state index is 9.45. The Labute approximate surface area is 138 Å². The summed E-state index contributed by atoms with van der Waals surface area (Å²) in [5.41, 5.74) is 1.20. The molecule has 0 amide bonds. The number of nitrogens with zero attached hydrogens (tertiary/aromatic N) is 2. The van der Waals surface area contributed by atoms with E-state index in [-0.39, 0.29) is 12.5 Å². The van der Waals surface area contributed by atoms with E-state index in [4.69, 9.17) is 9.47 Å². The largest absolute Gasteiger partial charge is 0.495 e. The minimum atomic E-state index is 0.219. The summed E-state index contributed by atoms with van der Waals surface area (Å²) in [4.78, 5) is 4.95. The summed E-state index contributed by atoms with van der Waals surface area (Å²) < 4.78 is 11.1. The molecule has 1 N–H and O–H groups in total. The zero-order chi connectivity index (χ0) is 16.1. The van der Waals surface area contributed by atoms with E-state index in [2.05, 4.69) is 21.9 Å². The second-order valence-corrected chi connectivity index (χ2v) is 6.51. The van der Waals surface area contributed by atoms with E-state index in [9.17, 15) is 5.11 Å².